The summed E-state index contributed by atoms with van der Waals surface area (Å²) in [6.45, 7) is 28.8. The Morgan fingerprint density at radius 1 is 0.839 bits per heavy atom. The number of aromatic nitrogens is 1. The summed E-state index contributed by atoms with van der Waals surface area (Å²) in [4.78, 5) is 86.5. The quantitative estimate of drug-likeness (QED) is 0.0346. The fraction of sp³-hybridized carbons (Fsp3) is 0.700. The van der Waals surface area contributed by atoms with Crippen LogP contribution in [0, 0.1) is 23.0 Å². The number of benzene rings is 1. The average Bonchev–Trinajstić information content (AvgIpc) is 1.78. The molecule has 1 saturated heterocycles. The van der Waals surface area contributed by atoms with Crippen molar-refractivity contribution in [1.29, 1.82) is 5.86 Å². The molecule has 2 aromatic rings. The van der Waals surface area contributed by atoms with Crippen LogP contribution in [0.25, 0.3) is 0 Å². The number of hydrogen-bond acceptors (Lipinski definition) is 16. The van der Waals surface area contributed by atoms with Crippen molar-refractivity contribution in [2.24, 2.45) is 5.73 Å². The van der Waals surface area contributed by atoms with E-state index in [-0.39, 0.29) is 77.2 Å². The molecule has 5 amide bonds. The summed E-state index contributed by atoms with van der Waals surface area (Å²) in [5.74, 6) is -3.58. The van der Waals surface area contributed by atoms with Gasteiger partial charge in [-0.1, -0.05) is 6.07 Å². The van der Waals surface area contributed by atoms with Gasteiger partial charge in [-0.3, -0.25) is 19.3 Å². The molecule has 3 aliphatic carbocycles. The third-order valence-corrected chi connectivity index (χ3v) is 13.1. The third-order valence-electron chi connectivity index (χ3n) is 13.1. The van der Waals surface area contributed by atoms with Crippen LogP contribution >= 0.6 is 22.2 Å². The van der Waals surface area contributed by atoms with Crippen LogP contribution in [-0.4, -0.2) is 170 Å². The van der Waals surface area contributed by atoms with E-state index in [1.54, 1.807) is 60.3 Å². The normalized spacial score (nSPS) is 18.3. The smallest absolute Gasteiger partial charge is 0.101 e. The molecule has 4 fully saturated rings. The Balaban J connectivity index is 0.000000595. The van der Waals surface area contributed by atoms with Gasteiger partial charge in [0.05, 0.1) is 19.0 Å². The molecule has 27 heteroatoms. The molecule has 0 unspecified atom stereocenters. The molecule has 6 atom stereocenters. The number of nitrogens with two attached hydrogens (primary N) is 1. The number of carbonyl (C=O) groups excluding carboxylic acids is 6. The first-order valence-electron chi connectivity index (χ1n) is 30.0. The number of fused-ring (bicyclic) bond motifs is 2. The van der Waals surface area contributed by atoms with Gasteiger partial charge in [0.2, 0.25) is 5.43 Å². The predicted octanol–water partition coefficient (Wildman–Crippen LogP) is 6.41. The monoisotopic (exact) mass is 1360 g/mol. The molecule has 1 aromatic heterocycles. The van der Waals surface area contributed by atoms with E-state index in [0.717, 1.165) is 76.2 Å². The molecule has 3 saturated carbocycles. The average molecular weight is 1360 g/mol. The number of pyridine rings is 1. The van der Waals surface area contributed by atoms with E-state index < -0.39 is 85.8 Å². The van der Waals surface area contributed by atoms with Crippen molar-refractivity contribution in [3.63, 3.8) is 0 Å². The molecule has 1 aromatic carbocycles. The molecule has 7 rings (SSSR count). The summed E-state index contributed by atoms with van der Waals surface area (Å²) in [6, 6.07) is 7.06. The number of nitriles is 1. The fourth-order valence-electron chi connectivity index (χ4n) is 8.44. The number of aromatic hydroxyl groups is 1. The van der Waals surface area contributed by atoms with Crippen molar-refractivity contribution in [2.75, 3.05) is 19.6 Å². The van der Waals surface area contributed by atoms with Crippen molar-refractivity contribution in [1.82, 2.24) is 46.3 Å². The molecule has 491 valence electrons. The summed E-state index contributed by atoms with van der Waals surface area (Å²) in [5, 5.41) is 36.1. The van der Waals surface area contributed by atoms with E-state index in [1.165, 1.54) is 42.5 Å². The molecular formula is C60H102AlBF2IN11O11-. The first kappa shape index (κ1) is 78.0. The summed E-state index contributed by atoms with van der Waals surface area (Å²) in [5.41, 5.74) is 7.41. The molecule has 3 heterocycles. The number of carbonyl (C=O) groups is 6. The van der Waals surface area contributed by atoms with Crippen molar-refractivity contribution in [2.45, 2.75) is 252 Å². The molecular weight excluding hydrogens is 1250 g/mol. The van der Waals surface area contributed by atoms with Gasteiger partial charge in [0, 0.05) is 85.7 Å². The first-order chi connectivity index (χ1) is 40.5. The van der Waals surface area contributed by atoms with Gasteiger partial charge in [0.15, 0.2) is 11.4 Å². The zero-order valence-corrected chi connectivity index (χ0v) is 55.4. The number of ether oxygens (including phenoxy) is 3. The number of nitrogens with zero attached hydrogens (tertiary/aromatic N) is 4. The standard InChI is InChI=1S/C23H24F2N4O4.C12H24N2O2.C9H16N2O2.C9H17NO3.C7H16N2.Al.BH2I.3H/c1-12-6-7-28(15-4-5-15)18-11-27-10-16(20(30)21(31)19(27)23(33)29(12)18)22(32)26-9-13-2-3-14(24)8-17(13)25;1-9(7-8-13-10-5-6-10)14-11(15)16-12(2,3)4;1-7(5-6-10)11-8(12)13-9(2,3)4;1-7(5-6-11)10-8(12)13-9(2,3)4;1-6(8)4-5-9-7-2-3-7;;1-2;;;/h2-3,8,10,12,15,18,31H,4-7,9,11H2,1H3,(H,26,32);9-10,13H,5-8H2,1-4H3,(H,14,15);7H,5H2,1-4H3,(H,11,12);6-7H,5H2,1-4H3,(H,10,12);6-7,9H,2-5,8H2,1H3;;2H2;;;/q;;;;;-1;;;;/t12-,18-;9-;2*7-;6-;;;;;/m00000...../s1/i;;;;;;2D;;;. The largest absolute Gasteiger partial charge is 0.101 e. The van der Waals surface area contributed by atoms with E-state index in [1.807, 2.05) is 40.7 Å². The van der Waals surface area contributed by atoms with Crippen molar-refractivity contribution in [3.8, 4) is 11.8 Å². The van der Waals surface area contributed by atoms with E-state index in [9.17, 15) is 47.4 Å². The van der Waals surface area contributed by atoms with Gasteiger partial charge in [-0.2, -0.15) is 5.26 Å². The van der Waals surface area contributed by atoms with E-state index >= 15 is 0 Å². The van der Waals surface area contributed by atoms with Gasteiger partial charge in [-0.05, 0) is 174 Å². The second-order valence-electron chi connectivity index (χ2n) is 25.4. The number of amides is 5. The molecule has 2 aliphatic heterocycles. The predicted molar refractivity (Wildman–Crippen MR) is 349 cm³/mol. The summed E-state index contributed by atoms with van der Waals surface area (Å²) >= 11 is -0.780. The third kappa shape index (κ3) is 32.8. The van der Waals surface area contributed by atoms with Gasteiger partial charge < -0.3 is 71.2 Å². The Morgan fingerprint density at radius 3 is 1.78 bits per heavy atom. The molecule has 0 spiro atoms. The zero-order chi connectivity index (χ0) is 66.0. The van der Waals surface area contributed by atoms with Crippen molar-refractivity contribution in [3.05, 3.63) is 63.1 Å². The van der Waals surface area contributed by atoms with Crippen molar-refractivity contribution >= 4 is 81.6 Å². The minimum absolute atomic E-state index is 0. The van der Waals surface area contributed by atoms with Crippen LogP contribution in [0.15, 0.2) is 29.2 Å². The second-order valence-corrected chi connectivity index (χ2v) is 25.4. The molecule has 5 aliphatic rings. The topological polar surface area (TPSA) is 301 Å². The Morgan fingerprint density at radius 2 is 1.33 bits per heavy atom. The van der Waals surface area contributed by atoms with Crippen LogP contribution in [-0.2, 0) is 32.1 Å². The van der Waals surface area contributed by atoms with Crippen LogP contribution in [0.2, 0.25) is 0 Å². The summed E-state index contributed by atoms with van der Waals surface area (Å²) in [7, 11) is 0. The molecule has 0 bridgehead atoms. The van der Waals surface area contributed by atoms with Crippen LogP contribution in [0.1, 0.15) is 194 Å². The van der Waals surface area contributed by atoms with Crippen LogP contribution in [0.3, 0.4) is 0 Å². The van der Waals surface area contributed by atoms with Crippen LogP contribution in [0.5, 0.6) is 5.75 Å². The number of aldehydes is 1. The fourth-order valence-corrected chi connectivity index (χ4v) is 8.44. The van der Waals surface area contributed by atoms with E-state index in [2.05, 4.69) is 49.4 Å². The number of hydrogen-bond donors (Lipinski definition) is 8. The molecule has 87 heavy (non-hydrogen) atoms. The molecule has 3 radical (unpaired) electrons. The minimum atomic E-state index is -0.964. The zero-order valence-electron chi connectivity index (χ0n) is 54.0. The number of nitrogens with one attached hydrogen (secondary N) is 6. The number of rotatable bonds is 18. The van der Waals surface area contributed by atoms with E-state index in [4.69, 9.17) is 25.8 Å². The Bertz CT molecular complexity index is 2630. The minimum Gasteiger partial charge on any atom is -0.101 e. The summed E-state index contributed by atoms with van der Waals surface area (Å²) in [6.07, 6.45) is 11.5. The molecule has 22 nitrogen and oxygen atoms in total. The maximum absolute atomic E-state index is 13.9. The number of alkyl carbamates (subject to hydrolysis) is 3. The Kier molecular flexibility index (Phi) is 34.5. The van der Waals surface area contributed by atoms with E-state index in [0.29, 0.717) is 37.5 Å². The maximum Gasteiger partial charge on any atom is -0.101 e. The van der Waals surface area contributed by atoms with Crippen molar-refractivity contribution < 1.29 is 56.9 Å². The Hall–Kier alpha value is -5.09. The Labute approximate surface area is 539 Å². The summed E-state index contributed by atoms with van der Waals surface area (Å²) < 4.78 is 49.7. The van der Waals surface area contributed by atoms with Crippen LogP contribution < -0.4 is 43.1 Å². The molecule has 9 N–H and O–H groups in total. The van der Waals surface area contributed by atoms with Gasteiger partial charge >= 0.3 is 46.8 Å². The van der Waals surface area contributed by atoms with Gasteiger partial charge in [0.25, 0.3) is 11.8 Å². The van der Waals surface area contributed by atoms with Gasteiger partial charge in [0.1, 0.15) is 46.5 Å². The van der Waals surface area contributed by atoms with Crippen LogP contribution in [0.4, 0.5) is 23.2 Å². The first-order valence-corrected chi connectivity index (χ1v) is 31.0. The second kappa shape index (κ2) is 38.5. The van der Waals surface area contributed by atoms with Gasteiger partial charge in [-0.15, -0.1) is 17.4 Å². The number of halogens is 3. The maximum atomic E-state index is 13.9. The SMILES string of the molecule is C[C@@H](CC#N)NC(=O)OC(C)(C)C.C[C@@H](CC=O)NC(=O)OC(C)(C)C.C[C@@H](CCNC1CC1)NC(=O)OC(C)(C)C.C[C@H](N)CCNC1CC1.C[C@H]1CCN(C2CC2)[C@@H]2Cn3cc(C(=O)NCc4ccc(F)cc4F)c(=O)c(O)c3C(=O)N12.[2H][IH][B].[AlH3-]. The van der Waals surface area contributed by atoms with Gasteiger partial charge in [-0.25, -0.2) is 23.2 Å².